The molecule has 0 aliphatic rings. The van der Waals surface area contributed by atoms with Crippen LogP contribution in [0.3, 0.4) is 0 Å². The maximum atomic E-state index is 5.55. The maximum absolute atomic E-state index is 5.55. The van der Waals surface area contributed by atoms with Crippen LogP contribution in [0.15, 0.2) is 22.7 Å². The highest BCUT2D eigenvalue weighted by Crippen LogP contribution is 2.21. The van der Waals surface area contributed by atoms with Crippen LogP contribution in [-0.4, -0.2) is 25.7 Å². The van der Waals surface area contributed by atoms with Crippen LogP contribution in [0.5, 0.6) is 5.75 Å². The fraction of sp³-hybridized carbons (Fsp3) is 0.455. The van der Waals surface area contributed by atoms with Crippen LogP contribution in [0.2, 0.25) is 0 Å². The Bertz CT molecular complexity index is 305. The van der Waals surface area contributed by atoms with Crippen molar-refractivity contribution in [2.45, 2.75) is 6.92 Å². The van der Waals surface area contributed by atoms with Gasteiger partial charge in [-0.3, -0.25) is 0 Å². The van der Waals surface area contributed by atoms with E-state index in [-0.39, 0.29) is 0 Å². The zero-order chi connectivity index (χ0) is 11.1. The van der Waals surface area contributed by atoms with Gasteiger partial charge in [-0.1, -0.05) is 15.9 Å². The normalized spacial score (nSPS) is 10.3. The molecular formula is C11H14BrClO2. The minimum atomic E-state index is 0.525. The molecule has 1 aromatic carbocycles. The second kappa shape index (κ2) is 7.09. The summed E-state index contributed by atoms with van der Waals surface area (Å²) < 4.78 is 11.8. The molecule has 0 aromatic heterocycles. The summed E-state index contributed by atoms with van der Waals surface area (Å²) in [4.78, 5) is 0. The van der Waals surface area contributed by atoms with Gasteiger partial charge in [0.15, 0.2) is 0 Å². The lowest BCUT2D eigenvalue weighted by molar-refractivity contribution is 0.111. The van der Waals surface area contributed by atoms with Crippen molar-refractivity contribution in [2.24, 2.45) is 0 Å². The largest absolute Gasteiger partial charge is 0.491 e. The molecule has 0 saturated heterocycles. The third kappa shape index (κ3) is 4.87. The van der Waals surface area contributed by atoms with Crippen LogP contribution in [0, 0.1) is 6.92 Å². The van der Waals surface area contributed by atoms with Crippen molar-refractivity contribution in [3.8, 4) is 5.75 Å². The van der Waals surface area contributed by atoms with Gasteiger partial charge in [-0.05, 0) is 30.7 Å². The van der Waals surface area contributed by atoms with Crippen LogP contribution in [0.25, 0.3) is 0 Å². The van der Waals surface area contributed by atoms with Crippen LogP contribution >= 0.6 is 27.5 Å². The molecule has 2 nitrogen and oxygen atoms in total. The van der Waals surface area contributed by atoms with Crippen molar-refractivity contribution in [2.75, 3.05) is 25.7 Å². The van der Waals surface area contributed by atoms with E-state index in [0.29, 0.717) is 25.7 Å². The summed E-state index contributed by atoms with van der Waals surface area (Å²) in [6.45, 7) is 3.71. The van der Waals surface area contributed by atoms with E-state index in [1.54, 1.807) is 0 Å². The van der Waals surface area contributed by atoms with Crippen molar-refractivity contribution in [1.82, 2.24) is 0 Å². The first-order chi connectivity index (χ1) is 7.24. The van der Waals surface area contributed by atoms with Gasteiger partial charge in [0.2, 0.25) is 0 Å². The molecule has 0 spiro atoms. The minimum Gasteiger partial charge on any atom is -0.491 e. The van der Waals surface area contributed by atoms with Crippen molar-refractivity contribution in [3.05, 3.63) is 28.2 Å². The van der Waals surface area contributed by atoms with Crippen LogP contribution in [-0.2, 0) is 4.74 Å². The van der Waals surface area contributed by atoms with Gasteiger partial charge in [0.25, 0.3) is 0 Å². The fourth-order valence-corrected chi connectivity index (χ4v) is 1.73. The zero-order valence-corrected chi connectivity index (χ0v) is 11.0. The third-order valence-corrected chi connectivity index (χ3v) is 2.49. The van der Waals surface area contributed by atoms with E-state index >= 15 is 0 Å². The lowest BCUT2D eigenvalue weighted by atomic mass is 10.2. The Morgan fingerprint density at radius 2 is 2.07 bits per heavy atom. The number of ether oxygens (including phenoxy) is 2. The minimum absolute atomic E-state index is 0.525. The van der Waals surface area contributed by atoms with E-state index in [0.717, 1.165) is 15.8 Å². The maximum Gasteiger partial charge on any atom is 0.122 e. The standard InChI is InChI=1S/C11H14BrClO2/c1-9-8-10(12)2-3-11(9)15-7-6-14-5-4-13/h2-3,8H,4-7H2,1H3. The van der Waals surface area contributed by atoms with E-state index in [1.165, 1.54) is 0 Å². The molecule has 0 N–H and O–H groups in total. The molecule has 1 aromatic rings. The van der Waals surface area contributed by atoms with Crippen LogP contribution < -0.4 is 4.74 Å². The SMILES string of the molecule is Cc1cc(Br)ccc1OCCOCCCl. The smallest absolute Gasteiger partial charge is 0.122 e. The van der Waals surface area contributed by atoms with Gasteiger partial charge in [0.1, 0.15) is 12.4 Å². The molecule has 1 rings (SSSR count). The average Bonchev–Trinajstić information content (AvgIpc) is 2.20. The molecule has 0 fully saturated rings. The average molecular weight is 294 g/mol. The van der Waals surface area contributed by atoms with E-state index in [1.807, 2.05) is 25.1 Å². The number of halogens is 2. The molecule has 0 aliphatic heterocycles. The fourth-order valence-electron chi connectivity index (χ4n) is 1.14. The van der Waals surface area contributed by atoms with Gasteiger partial charge in [-0.25, -0.2) is 0 Å². The first-order valence-electron chi connectivity index (χ1n) is 4.76. The Morgan fingerprint density at radius 1 is 1.27 bits per heavy atom. The van der Waals surface area contributed by atoms with Crippen LogP contribution in [0.1, 0.15) is 5.56 Å². The lowest BCUT2D eigenvalue weighted by Crippen LogP contribution is -2.08. The predicted molar refractivity (Wildman–Crippen MR) is 65.9 cm³/mol. The Kier molecular flexibility index (Phi) is 6.06. The van der Waals surface area contributed by atoms with E-state index in [4.69, 9.17) is 21.1 Å². The monoisotopic (exact) mass is 292 g/mol. The van der Waals surface area contributed by atoms with E-state index in [9.17, 15) is 0 Å². The number of aryl methyl sites for hydroxylation is 1. The molecule has 4 heteroatoms. The number of benzene rings is 1. The molecule has 0 unspecified atom stereocenters. The first kappa shape index (κ1) is 12.8. The molecular weight excluding hydrogens is 279 g/mol. The van der Waals surface area contributed by atoms with Gasteiger partial charge in [0, 0.05) is 10.4 Å². The summed E-state index contributed by atoms with van der Waals surface area (Å²) in [6, 6.07) is 5.93. The molecule has 15 heavy (non-hydrogen) atoms. The van der Waals surface area contributed by atoms with Gasteiger partial charge < -0.3 is 9.47 Å². The molecule has 0 bridgehead atoms. The number of hydrogen-bond acceptors (Lipinski definition) is 2. The quantitative estimate of drug-likeness (QED) is 0.591. The van der Waals surface area contributed by atoms with Crippen molar-refractivity contribution in [1.29, 1.82) is 0 Å². The number of rotatable bonds is 6. The van der Waals surface area contributed by atoms with Crippen molar-refractivity contribution in [3.63, 3.8) is 0 Å². The Labute approximate surface area is 104 Å². The first-order valence-corrected chi connectivity index (χ1v) is 6.09. The molecule has 0 amide bonds. The predicted octanol–water partition coefficient (Wildman–Crippen LogP) is 3.39. The van der Waals surface area contributed by atoms with Gasteiger partial charge in [-0.2, -0.15) is 0 Å². The highest BCUT2D eigenvalue weighted by molar-refractivity contribution is 9.10. The second-order valence-electron chi connectivity index (χ2n) is 3.06. The van der Waals surface area contributed by atoms with E-state index < -0.39 is 0 Å². The van der Waals surface area contributed by atoms with Crippen molar-refractivity contribution >= 4 is 27.5 Å². The summed E-state index contributed by atoms with van der Waals surface area (Å²) in [5.41, 5.74) is 1.11. The Hall–Kier alpha value is -0.250. The molecule has 0 radical (unpaired) electrons. The second-order valence-corrected chi connectivity index (χ2v) is 4.35. The topological polar surface area (TPSA) is 18.5 Å². The summed E-state index contributed by atoms with van der Waals surface area (Å²) in [6.07, 6.45) is 0. The van der Waals surface area contributed by atoms with Crippen LogP contribution in [0.4, 0.5) is 0 Å². The van der Waals surface area contributed by atoms with Gasteiger partial charge in [-0.15, -0.1) is 11.6 Å². The molecule has 0 saturated carbocycles. The summed E-state index contributed by atoms with van der Waals surface area (Å²) in [7, 11) is 0. The zero-order valence-electron chi connectivity index (χ0n) is 8.63. The summed E-state index contributed by atoms with van der Waals surface area (Å²) in [5, 5.41) is 0. The van der Waals surface area contributed by atoms with Gasteiger partial charge >= 0.3 is 0 Å². The molecule has 84 valence electrons. The van der Waals surface area contributed by atoms with Gasteiger partial charge in [0.05, 0.1) is 13.2 Å². The Balaban J connectivity index is 2.31. The van der Waals surface area contributed by atoms with Crippen molar-refractivity contribution < 1.29 is 9.47 Å². The molecule has 0 heterocycles. The third-order valence-electron chi connectivity index (χ3n) is 1.84. The number of hydrogen-bond donors (Lipinski definition) is 0. The summed E-state index contributed by atoms with van der Waals surface area (Å²) in [5.74, 6) is 1.42. The summed E-state index contributed by atoms with van der Waals surface area (Å²) >= 11 is 8.87. The Morgan fingerprint density at radius 3 is 2.73 bits per heavy atom. The highest BCUT2D eigenvalue weighted by atomic mass is 79.9. The highest BCUT2D eigenvalue weighted by Gasteiger charge is 1.99. The molecule has 0 atom stereocenters. The van der Waals surface area contributed by atoms with E-state index in [2.05, 4.69) is 15.9 Å². The number of alkyl halides is 1. The lowest BCUT2D eigenvalue weighted by Gasteiger charge is -2.09. The molecule has 0 aliphatic carbocycles.